The van der Waals surface area contributed by atoms with E-state index in [4.69, 9.17) is 14.0 Å². The molecule has 10 atom stereocenters. The van der Waals surface area contributed by atoms with Gasteiger partial charge in [0.1, 0.15) is 0 Å². The number of hydrogen-bond donors (Lipinski definition) is 0. The van der Waals surface area contributed by atoms with Crippen LogP contribution in [0.2, 0.25) is 17.5 Å². The van der Waals surface area contributed by atoms with Crippen molar-refractivity contribution < 1.29 is 14.0 Å². The maximum absolute atomic E-state index is 7.61. The average Bonchev–Trinajstić information content (AvgIpc) is 2.92. The first-order chi connectivity index (χ1) is 18.1. The third kappa shape index (κ3) is 4.29. The number of benzene rings is 1. The van der Waals surface area contributed by atoms with Crippen LogP contribution in [0.5, 0.6) is 0 Å². The maximum Gasteiger partial charge on any atom is 0.467 e. The predicted molar refractivity (Wildman–Crippen MR) is 158 cm³/mol. The molecule has 206 valence electrons. The van der Waals surface area contributed by atoms with E-state index >= 15 is 0 Å². The zero-order valence-electron chi connectivity index (χ0n) is 24.8. The van der Waals surface area contributed by atoms with E-state index in [1.54, 1.807) is 0 Å². The lowest BCUT2D eigenvalue weighted by molar-refractivity contribution is -0.112. The van der Waals surface area contributed by atoms with Gasteiger partial charge in [-0.25, -0.2) is 0 Å². The molecule has 3 nitrogen and oxygen atoms in total. The number of rotatable bonds is 8. The molecule has 7 fully saturated rings. The Hall–Kier alpha value is -1.03. The Morgan fingerprint density at radius 2 is 1.42 bits per heavy atom. The van der Waals surface area contributed by atoms with Crippen LogP contribution in [0, 0.1) is 46.3 Å². The van der Waals surface area contributed by atoms with Gasteiger partial charge in [-0.1, -0.05) is 90.8 Å². The maximum atomic E-state index is 7.61. The molecule has 8 rings (SSSR count). The summed E-state index contributed by atoms with van der Waals surface area (Å²) in [5.41, 5.74) is 2.19. The van der Waals surface area contributed by atoms with Crippen molar-refractivity contribution in [2.24, 2.45) is 46.3 Å². The molecule has 6 saturated carbocycles. The first-order valence-corrected chi connectivity index (χ1v) is 15.7. The predicted octanol–water partition coefficient (Wildman–Crippen LogP) is 8.36. The summed E-state index contributed by atoms with van der Waals surface area (Å²) in [5.74, 6) is 5.89. The lowest BCUT2D eigenvalue weighted by Gasteiger charge is -2.66. The summed E-state index contributed by atoms with van der Waals surface area (Å²) in [4.78, 5) is 0. The van der Waals surface area contributed by atoms with Crippen LogP contribution < -0.4 is 0 Å². The van der Waals surface area contributed by atoms with Crippen molar-refractivity contribution in [1.29, 1.82) is 0 Å². The Morgan fingerprint density at radius 1 is 0.895 bits per heavy atom. The highest BCUT2D eigenvalue weighted by Crippen LogP contribution is 2.70. The Morgan fingerprint density at radius 3 is 1.87 bits per heavy atom. The van der Waals surface area contributed by atoms with Gasteiger partial charge in [0.15, 0.2) is 0 Å². The van der Waals surface area contributed by atoms with E-state index in [1.165, 1.54) is 31.2 Å². The highest BCUT2D eigenvalue weighted by molar-refractivity contribution is 6.56. The molecule has 0 N–H and O–H groups in total. The van der Waals surface area contributed by atoms with Crippen LogP contribution in [-0.4, -0.2) is 27.2 Å². The van der Waals surface area contributed by atoms with Crippen molar-refractivity contribution in [3.63, 3.8) is 0 Å². The molecule has 6 aliphatic carbocycles. The SMILES string of the molecule is C=C[C@H](B1OCCCO1)[C@@H](OB([C@@H]1C[C@@H]2C[C@H]([C@H]1C)C2(C)C)[C@@H]1C[C@@H]2C[C@H]([C@H]1C)C2(C)C)c1ccccc1. The minimum absolute atomic E-state index is 0.0325. The number of hydrogen-bond acceptors (Lipinski definition) is 3. The molecule has 1 aromatic rings. The Balaban J connectivity index is 1.35. The van der Waals surface area contributed by atoms with E-state index in [2.05, 4.69) is 78.5 Å². The van der Waals surface area contributed by atoms with Crippen molar-refractivity contribution in [2.75, 3.05) is 13.2 Å². The highest BCUT2D eigenvalue weighted by atomic mass is 16.6. The fraction of sp³-hybridized carbons (Fsp3) is 0.758. The summed E-state index contributed by atoms with van der Waals surface area (Å²) >= 11 is 0. The fourth-order valence-electron chi connectivity index (χ4n) is 10.1. The summed E-state index contributed by atoms with van der Waals surface area (Å²) < 4.78 is 20.0. The van der Waals surface area contributed by atoms with E-state index in [1.807, 2.05) is 6.08 Å². The summed E-state index contributed by atoms with van der Waals surface area (Å²) in [5, 5.41) is 0. The third-order valence-corrected chi connectivity index (χ3v) is 12.9. The van der Waals surface area contributed by atoms with Crippen LogP contribution in [0.25, 0.3) is 0 Å². The van der Waals surface area contributed by atoms with E-state index < -0.39 is 0 Å². The fourth-order valence-corrected chi connectivity index (χ4v) is 10.1. The zero-order chi connectivity index (χ0) is 26.8. The largest absolute Gasteiger partial charge is 0.467 e. The second kappa shape index (κ2) is 10.1. The first kappa shape index (κ1) is 27.2. The van der Waals surface area contributed by atoms with Crippen LogP contribution in [0.3, 0.4) is 0 Å². The topological polar surface area (TPSA) is 27.7 Å². The average molecular weight is 516 g/mol. The van der Waals surface area contributed by atoms with E-state index in [0.717, 1.165) is 43.3 Å². The molecule has 38 heavy (non-hydrogen) atoms. The van der Waals surface area contributed by atoms with Gasteiger partial charge in [0.25, 0.3) is 0 Å². The van der Waals surface area contributed by atoms with Crippen molar-refractivity contribution in [3.05, 3.63) is 48.6 Å². The molecule has 0 radical (unpaired) electrons. The van der Waals surface area contributed by atoms with E-state index in [0.29, 0.717) is 34.3 Å². The van der Waals surface area contributed by atoms with Gasteiger partial charge < -0.3 is 14.0 Å². The van der Waals surface area contributed by atoms with Gasteiger partial charge in [0, 0.05) is 19.0 Å². The lowest BCUT2D eigenvalue weighted by atomic mass is 9.27. The molecule has 1 aromatic carbocycles. The monoisotopic (exact) mass is 516 g/mol. The van der Waals surface area contributed by atoms with Crippen LogP contribution >= 0.6 is 0 Å². The van der Waals surface area contributed by atoms with Crippen LogP contribution in [-0.2, 0) is 14.0 Å². The molecular formula is C33H50B2O3. The summed E-state index contributed by atoms with van der Waals surface area (Å²) in [6, 6.07) is 10.9. The first-order valence-electron chi connectivity index (χ1n) is 15.7. The van der Waals surface area contributed by atoms with Gasteiger partial charge in [0.05, 0.1) is 6.10 Å². The molecule has 0 amide bonds. The second-order valence-corrected chi connectivity index (χ2v) is 14.9. The molecule has 0 spiro atoms. The Kier molecular flexibility index (Phi) is 7.22. The Bertz CT molecular complexity index is 947. The van der Waals surface area contributed by atoms with Crippen LogP contribution in [0.15, 0.2) is 43.0 Å². The van der Waals surface area contributed by atoms with Crippen molar-refractivity contribution in [3.8, 4) is 0 Å². The molecular weight excluding hydrogens is 466 g/mol. The summed E-state index contributed by atoms with van der Waals surface area (Å²) in [6.07, 6.45) is 8.34. The second-order valence-electron chi connectivity index (χ2n) is 14.9. The molecule has 1 aliphatic heterocycles. The quantitative estimate of drug-likeness (QED) is 0.257. The molecule has 0 unspecified atom stereocenters. The van der Waals surface area contributed by atoms with Crippen molar-refractivity contribution in [2.45, 2.75) is 97.2 Å². The van der Waals surface area contributed by atoms with Crippen LogP contribution in [0.1, 0.15) is 85.3 Å². The van der Waals surface area contributed by atoms with Crippen molar-refractivity contribution >= 4 is 14.0 Å². The van der Waals surface area contributed by atoms with Gasteiger partial charge in [0.2, 0.25) is 0 Å². The smallest absolute Gasteiger partial charge is 0.429 e. The molecule has 7 aliphatic rings. The molecule has 1 heterocycles. The lowest BCUT2D eigenvalue weighted by Crippen LogP contribution is -2.60. The molecule has 0 aromatic heterocycles. The van der Waals surface area contributed by atoms with Gasteiger partial charge in [-0.3, -0.25) is 0 Å². The highest BCUT2D eigenvalue weighted by Gasteiger charge is 2.63. The van der Waals surface area contributed by atoms with Crippen LogP contribution in [0.4, 0.5) is 0 Å². The van der Waals surface area contributed by atoms with Gasteiger partial charge in [-0.05, 0) is 82.8 Å². The minimum atomic E-state index is -0.292. The molecule has 5 heteroatoms. The van der Waals surface area contributed by atoms with E-state index in [-0.39, 0.29) is 26.0 Å². The third-order valence-electron chi connectivity index (χ3n) is 12.9. The standard InChI is InChI=1S/C33H50B2O3/c1-8-28(35-36-15-12-16-37-35)31(23-13-10-9-11-14-23)38-34(29-19-24-17-26(21(29)2)32(24,4)5)30-20-25-18-27(22(30)3)33(25,6)7/h8-11,13-14,21-22,24-31H,1,12,15-20H2,2-7H3/t21-,22-,24+,25+,26-,27-,28+,29-,30-,31+/m1/s1. The van der Waals surface area contributed by atoms with Gasteiger partial charge in [-0.15, -0.1) is 6.58 Å². The van der Waals surface area contributed by atoms with Crippen molar-refractivity contribution in [1.82, 2.24) is 0 Å². The van der Waals surface area contributed by atoms with Gasteiger partial charge >= 0.3 is 14.0 Å². The minimum Gasteiger partial charge on any atom is -0.429 e. The summed E-state index contributed by atoms with van der Waals surface area (Å²) in [6.45, 7) is 21.2. The zero-order valence-corrected chi connectivity index (χ0v) is 24.8. The molecule has 4 bridgehead atoms. The normalized spacial score (nSPS) is 40.3. The Labute approximate surface area is 233 Å². The van der Waals surface area contributed by atoms with E-state index in [9.17, 15) is 0 Å². The number of fused-ring (bicyclic) bond motifs is 4. The summed E-state index contributed by atoms with van der Waals surface area (Å²) in [7, 11) is -0.292. The van der Waals surface area contributed by atoms with Gasteiger partial charge in [-0.2, -0.15) is 0 Å². The molecule has 1 saturated heterocycles.